The maximum Gasteiger partial charge on any atom is 0.0897 e. The van der Waals surface area contributed by atoms with E-state index < -0.39 is 0 Å². The van der Waals surface area contributed by atoms with Crippen molar-refractivity contribution in [2.45, 2.75) is 60.0 Å². The van der Waals surface area contributed by atoms with Crippen molar-refractivity contribution in [1.82, 2.24) is 10.3 Å². The molecule has 1 aromatic rings. The fourth-order valence-corrected chi connectivity index (χ4v) is 2.75. The van der Waals surface area contributed by atoms with E-state index in [1.54, 1.807) is 11.3 Å². The zero-order chi connectivity index (χ0) is 12.8. The van der Waals surface area contributed by atoms with Crippen LogP contribution in [0.2, 0.25) is 0 Å². The van der Waals surface area contributed by atoms with E-state index in [0.717, 1.165) is 23.4 Å². The third kappa shape index (κ3) is 6.18. The predicted octanol–water partition coefficient (Wildman–Crippen LogP) is 4.00. The maximum absolute atomic E-state index is 4.50. The molecule has 1 N–H and O–H groups in total. The molecule has 17 heavy (non-hydrogen) atoms. The van der Waals surface area contributed by atoms with Gasteiger partial charge in [0.15, 0.2) is 0 Å². The summed E-state index contributed by atoms with van der Waals surface area (Å²) < 4.78 is 0. The van der Waals surface area contributed by atoms with Crippen LogP contribution >= 0.6 is 11.3 Å². The summed E-state index contributed by atoms with van der Waals surface area (Å²) in [6, 6.07) is 0.622. The number of hydrogen-bond donors (Lipinski definition) is 1. The lowest BCUT2D eigenvalue weighted by Crippen LogP contribution is -2.31. The molecule has 1 rings (SSSR count). The molecule has 0 atom stereocenters. The van der Waals surface area contributed by atoms with Crippen LogP contribution in [0.25, 0.3) is 0 Å². The number of nitrogens with one attached hydrogen (secondary N) is 1. The minimum absolute atomic E-state index is 0.622. The highest BCUT2D eigenvalue weighted by atomic mass is 32.1. The zero-order valence-corrected chi connectivity index (χ0v) is 12.6. The van der Waals surface area contributed by atoms with E-state index in [0.29, 0.717) is 6.04 Å². The Hall–Kier alpha value is -0.410. The summed E-state index contributed by atoms with van der Waals surface area (Å²) in [6.45, 7) is 12.1. The molecule has 0 aliphatic carbocycles. The van der Waals surface area contributed by atoms with Gasteiger partial charge in [-0.1, -0.05) is 27.7 Å². The molecule has 1 heterocycles. The molecule has 0 bridgehead atoms. The summed E-state index contributed by atoms with van der Waals surface area (Å²) in [4.78, 5) is 4.50. The Morgan fingerprint density at radius 2 is 1.76 bits per heavy atom. The van der Waals surface area contributed by atoms with Gasteiger partial charge in [-0.05, 0) is 31.6 Å². The minimum atomic E-state index is 0.622. The van der Waals surface area contributed by atoms with E-state index in [1.165, 1.54) is 18.5 Å². The number of hydrogen-bond acceptors (Lipinski definition) is 3. The third-order valence-corrected chi connectivity index (χ3v) is 3.57. The van der Waals surface area contributed by atoms with Gasteiger partial charge in [-0.25, -0.2) is 4.98 Å². The van der Waals surface area contributed by atoms with Gasteiger partial charge >= 0.3 is 0 Å². The van der Waals surface area contributed by atoms with E-state index in [4.69, 9.17) is 0 Å². The average molecular weight is 254 g/mol. The van der Waals surface area contributed by atoms with Crippen LogP contribution in [0, 0.1) is 18.8 Å². The average Bonchev–Trinajstić information content (AvgIpc) is 2.59. The second-order valence-corrected chi connectivity index (χ2v) is 6.76. The smallest absolute Gasteiger partial charge is 0.0897 e. The molecule has 3 heteroatoms. The van der Waals surface area contributed by atoms with Crippen molar-refractivity contribution in [2.75, 3.05) is 0 Å². The Morgan fingerprint density at radius 3 is 2.18 bits per heavy atom. The molecule has 0 fully saturated rings. The van der Waals surface area contributed by atoms with E-state index >= 15 is 0 Å². The van der Waals surface area contributed by atoms with E-state index in [9.17, 15) is 0 Å². The number of aryl methyl sites for hydroxylation is 1. The maximum atomic E-state index is 4.50. The molecule has 0 saturated carbocycles. The van der Waals surface area contributed by atoms with Gasteiger partial charge in [0.25, 0.3) is 0 Å². The van der Waals surface area contributed by atoms with Crippen molar-refractivity contribution >= 4 is 11.3 Å². The molecule has 0 aromatic carbocycles. The predicted molar refractivity (Wildman–Crippen MR) is 76.4 cm³/mol. The molecule has 0 radical (unpaired) electrons. The highest BCUT2D eigenvalue weighted by Gasteiger charge is 2.12. The van der Waals surface area contributed by atoms with E-state index in [-0.39, 0.29) is 0 Å². The molecule has 0 aliphatic rings. The highest BCUT2D eigenvalue weighted by molar-refractivity contribution is 7.09. The fourth-order valence-electron chi connectivity index (χ4n) is 2.14. The van der Waals surface area contributed by atoms with Gasteiger partial charge in [-0.3, -0.25) is 0 Å². The van der Waals surface area contributed by atoms with Crippen LogP contribution in [0.1, 0.15) is 51.2 Å². The Labute approximate surface area is 110 Å². The van der Waals surface area contributed by atoms with Gasteiger partial charge in [-0.2, -0.15) is 0 Å². The van der Waals surface area contributed by atoms with Crippen LogP contribution in [0.5, 0.6) is 0 Å². The van der Waals surface area contributed by atoms with Crippen molar-refractivity contribution in [2.24, 2.45) is 11.8 Å². The van der Waals surface area contributed by atoms with Gasteiger partial charge in [0, 0.05) is 18.0 Å². The van der Waals surface area contributed by atoms with Crippen LogP contribution in [0.3, 0.4) is 0 Å². The number of nitrogens with zero attached hydrogens (tertiary/aromatic N) is 1. The fraction of sp³-hybridized carbons (Fsp3) is 0.786. The zero-order valence-electron chi connectivity index (χ0n) is 11.8. The van der Waals surface area contributed by atoms with Crippen LogP contribution in [0.15, 0.2) is 5.38 Å². The first kappa shape index (κ1) is 14.7. The second-order valence-electron chi connectivity index (χ2n) is 5.69. The molecular weight excluding hydrogens is 228 g/mol. The van der Waals surface area contributed by atoms with Crippen LogP contribution in [-0.4, -0.2) is 11.0 Å². The number of thiazole rings is 1. The van der Waals surface area contributed by atoms with Crippen molar-refractivity contribution in [3.8, 4) is 0 Å². The normalized spacial score (nSPS) is 12.0. The minimum Gasteiger partial charge on any atom is -0.308 e. The molecule has 0 amide bonds. The number of aromatic nitrogens is 1. The monoisotopic (exact) mass is 254 g/mol. The first-order valence-electron chi connectivity index (χ1n) is 6.61. The highest BCUT2D eigenvalue weighted by Crippen LogP contribution is 2.14. The quantitative estimate of drug-likeness (QED) is 0.795. The van der Waals surface area contributed by atoms with Crippen molar-refractivity contribution in [1.29, 1.82) is 0 Å². The molecule has 0 spiro atoms. The molecule has 2 nitrogen and oxygen atoms in total. The molecule has 1 aromatic heterocycles. The summed E-state index contributed by atoms with van der Waals surface area (Å²) in [5.41, 5.74) is 1.19. The Bertz CT molecular complexity index is 308. The molecular formula is C14H26N2S. The van der Waals surface area contributed by atoms with Gasteiger partial charge in [-0.15, -0.1) is 11.3 Å². The van der Waals surface area contributed by atoms with Crippen molar-refractivity contribution in [3.63, 3.8) is 0 Å². The lowest BCUT2D eigenvalue weighted by molar-refractivity contribution is 0.357. The Kier molecular flexibility index (Phi) is 6.14. The molecule has 98 valence electrons. The van der Waals surface area contributed by atoms with Crippen LogP contribution in [0.4, 0.5) is 0 Å². The summed E-state index contributed by atoms with van der Waals surface area (Å²) in [6.07, 6.45) is 2.50. The van der Waals surface area contributed by atoms with Crippen molar-refractivity contribution in [3.05, 3.63) is 16.1 Å². The summed E-state index contributed by atoms with van der Waals surface area (Å²) >= 11 is 1.73. The van der Waals surface area contributed by atoms with Gasteiger partial charge in [0.05, 0.1) is 10.7 Å². The van der Waals surface area contributed by atoms with Gasteiger partial charge in [0.2, 0.25) is 0 Å². The van der Waals surface area contributed by atoms with Gasteiger partial charge < -0.3 is 5.32 Å². The standard InChI is InChI=1S/C14H26N2S/c1-10(2)6-13(7-11(3)4)15-8-14-9-17-12(5)16-14/h9-11,13,15H,6-8H2,1-5H3. The Balaban J connectivity index is 2.42. The first-order valence-corrected chi connectivity index (χ1v) is 7.49. The summed E-state index contributed by atoms with van der Waals surface area (Å²) in [5.74, 6) is 1.51. The summed E-state index contributed by atoms with van der Waals surface area (Å²) in [7, 11) is 0. The second kappa shape index (κ2) is 7.12. The van der Waals surface area contributed by atoms with Crippen LogP contribution in [-0.2, 0) is 6.54 Å². The lowest BCUT2D eigenvalue weighted by Gasteiger charge is -2.22. The lowest BCUT2D eigenvalue weighted by atomic mass is 9.95. The topological polar surface area (TPSA) is 24.9 Å². The van der Waals surface area contributed by atoms with Crippen LogP contribution < -0.4 is 5.32 Å². The number of rotatable bonds is 7. The third-order valence-electron chi connectivity index (χ3n) is 2.75. The van der Waals surface area contributed by atoms with E-state index in [1.807, 2.05) is 0 Å². The SMILES string of the molecule is Cc1nc(CNC(CC(C)C)CC(C)C)cs1. The molecule has 0 saturated heterocycles. The van der Waals surface area contributed by atoms with Crippen molar-refractivity contribution < 1.29 is 0 Å². The Morgan fingerprint density at radius 1 is 1.18 bits per heavy atom. The first-order chi connectivity index (χ1) is 7.97. The molecule has 0 aliphatic heterocycles. The largest absolute Gasteiger partial charge is 0.308 e. The molecule has 0 unspecified atom stereocenters. The summed E-state index contributed by atoms with van der Waals surface area (Å²) in [5, 5.41) is 6.97. The van der Waals surface area contributed by atoms with Gasteiger partial charge in [0.1, 0.15) is 0 Å². The van der Waals surface area contributed by atoms with E-state index in [2.05, 4.69) is 50.3 Å².